The van der Waals surface area contributed by atoms with Crippen molar-refractivity contribution in [1.29, 1.82) is 0 Å². The van der Waals surface area contributed by atoms with E-state index in [1.807, 2.05) is 278 Å². The Morgan fingerprint density at radius 2 is 0.507 bits per heavy atom. The number of aliphatic hydroxyl groups is 1. The number of imidazole rings is 5. The van der Waals surface area contributed by atoms with Gasteiger partial charge >= 0.3 is 0 Å². The third-order valence-electron chi connectivity index (χ3n) is 24.7. The van der Waals surface area contributed by atoms with Crippen LogP contribution in [0.25, 0.3) is 140 Å². The minimum atomic E-state index is -2.47. The number of hydrogen-bond donors (Lipinski definition) is 2. The van der Waals surface area contributed by atoms with Crippen molar-refractivity contribution in [1.82, 2.24) is 51.9 Å². The monoisotopic (exact) mass is 1920 g/mol. The van der Waals surface area contributed by atoms with Gasteiger partial charge in [-0.25, -0.2) is 38.7 Å². The van der Waals surface area contributed by atoms with Crippen molar-refractivity contribution in [2.45, 2.75) is 183 Å². The van der Waals surface area contributed by atoms with Gasteiger partial charge in [0.1, 0.15) is 62.7 Å². The second-order valence-electron chi connectivity index (χ2n) is 38.4. The van der Waals surface area contributed by atoms with Crippen molar-refractivity contribution in [3.63, 3.8) is 0 Å². The normalized spacial score (nSPS) is 12.9. The summed E-state index contributed by atoms with van der Waals surface area (Å²) in [4.78, 5) is 27.1. The number of ether oxygens (including phenoxy) is 7. The molecule has 0 spiro atoms. The lowest BCUT2D eigenvalue weighted by Crippen LogP contribution is -2.18. The Kier molecular flexibility index (Phi) is 29.4. The van der Waals surface area contributed by atoms with E-state index < -0.39 is 12.0 Å². The summed E-state index contributed by atoms with van der Waals surface area (Å²) in [7, 11) is 0. The maximum absolute atomic E-state index is 12.8. The standard InChI is InChI=1S/C25H25N3O.C25H24N2O2.C25H26N2O2.C24H25N3O2.C23H20F2N2O/c1-17(2)29-22-10-5-19(6-11-22)23-15-27-24-12-7-20(16-28(23)24)18-3-8-21(9-4-18)25(26)13-14-25;1-17(2)29-22-10-5-19(6-11-22)23-15-26-24-12-7-20(16-27(23)24)18-3-8-21(9-4-18)25(28)13-14-25;1-17(2)28-22-11-8-19(9-12-22)21-10-13-25-26-15-24(27(25)16-21)20-6-5-7-23(14-20)29-18(3)4;1-16(2)28-21-9-5-18(6-10-21)20-7-11-23-25-14-22(27(23)15-20)19-8-12-24(26-13-19)29-17(3)4;1-15(2)28-20-10-7-16(8-11-20)19-9-12-22-26-13-21(27(22)14-19)17-3-5-18(6-4-17)23(24)25/h3-12,15-17H,13-14,26H2,1-2H3;3-12,15-17,28H,13-14H2,1-2H3;5-18H,1-4H3;5-17H,1-4H3;3-15,23H,1-2H3. The topological polar surface area (TPSA) is 210 Å². The molecule has 22 heteroatoms. The number of hydrogen-bond acceptors (Lipinski definition) is 15. The van der Waals surface area contributed by atoms with Crippen LogP contribution < -0.4 is 38.9 Å². The summed E-state index contributed by atoms with van der Waals surface area (Å²) < 4.78 is 76.3. The highest BCUT2D eigenvalue weighted by Crippen LogP contribution is 2.47. The van der Waals surface area contributed by atoms with Crippen LogP contribution in [0.1, 0.15) is 146 Å². The molecule has 0 radical (unpaired) electrons. The second kappa shape index (κ2) is 43.2. The number of fused-ring (bicyclic) bond motifs is 5. The molecule has 9 aromatic carbocycles. The van der Waals surface area contributed by atoms with E-state index in [1.165, 1.54) is 23.3 Å². The molecule has 11 aromatic heterocycles. The zero-order chi connectivity index (χ0) is 100. The van der Waals surface area contributed by atoms with Crippen LogP contribution in [0.2, 0.25) is 0 Å². The molecule has 2 aliphatic carbocycles. The fourth-order valence-corrected chi connectivity index (χ4v) is 17.2. The van der Waals surface area contributed by atoms with E-state index in [2.05, 4.69) is 200 Å². The Bertz CT molecular complexity index is 7550. The number of aromatic nitrogens is 11. The number of benzene rings is 9. The van der Waals surface area contributed by atoms with Crippen LogP contribution in [-0.4, -0.2) is 99.7 Å². The predicted octanol–water partition coefficient (Wildman–Crippen LogP) is 29.1. The maximum atomic E-state index is 12.8. The molecular formula is C122H120F2N12O8. The summed E-state index contributed by atoms with van der Waals surface area (Å²) >= 11 is 0. The molecule has 20 aromatic rings. The van der Waals surface area contributed by atoms with Crippen molar-refractivity contribution >= 4 is 28.2 Å². The first-order valence-corrected chi connectivity index (χ1v) is 49.3. The molecule has 11 heterocycles. The molecule has 20 nitrogen and oxygen atoms in total. The van der Waals surface area contributed by atoms with E-state index in [0.29, 0.717) is 5.88 Å². The van der Waals surface area contributed by atoms with Crippen LogP contribution in [0.15, 0.2) is 359 Å². The van der Waals surface area contributed by atoms with E-state index in [0.717, 1.165) is 200 Å². The van der Waals surface area contributed by atoms with Gasteiger partial charge in [-0.1, -0.05) is 121 Å². The maximum Gasteiger partial charge on any atom is 0.263 e. The molecule has 0 atom stereocenters. The van der Waals surface area contributed by atoms with Gasteiger partial charge in [0.15, 0.2) is 0 Å². The van der Waals surface area contributed by atoms with Crippen LogP contribution in [0, 0.1) is 0 Å². The van der Waals surface area contributed by atoms with E-state index in [9.17, 15) is 13.9 Å². The van der Waals surface area contributed by atoms with Gasteiger partial charge in [-0.05, 0) is 353 Å². The number of rotatable bonds is 27. The van der Waals surface area contributed by atoms with E-state index in [4.69, 9.17) is 38.9 Å². The quantitative estimate of drug-likeness (QED) is 0.0490. The highest BCUT2D eigenvalue weighted by Gasteiger charge is 2.42. The minimum Gasteiger partial charge on any atom is -0.491 e. The van der Waals surface area contributed by atoms with Crippen LogP contribution in [0.5, 0.6) is 40.4 Å². The molecule has 0 aliphatic heterocycles. The lowest BCUT2D eigenvalue weighted by Gasteiger charge is -2.12. The van der Waals surface area contributed by atoms with Crippen molar-refractivity contribution in [2.75, 3.05) is 0 Å². The van der Waals surface area contributed by atoms with Gasteiger partial charge in [0.05, 0.1) is 108 Å². The fraction of sp³-hybridized carbons (Fsp3) is 0.230. The van der Waals surface area contributed by atoms with Gasteiger partial charge in [0.2, 0.25) is 5.88 Å². The first-order valence-electron chi connectivity index (χ1n) is 49.3. The van der Waals surface area contributed by atoms with Crippen molar-refractivity contribution in [2.24, 2.45) is 5.73 Å². The van der Waals surface area contributed by atoms with E-state index in [-0.39, 0.29) is 53.8 Å². The molecule has 0 unspecified atom stereocenters. The molecule has 0 amide bonds. The van der Waals surface area contributed by atoms with Crippen LogP contribution in [0.4, 0.5) is 8.78 Å². The first kappa shape index (κ1) is 98.2. The third-order valence-corrected chi connectivity index (χ3v) is 24.7. The molecule has 3 N–H and O–H groups in total. The van der Waals surface area contributed by atoms with Crippen LogP contribution in [-0.2, 0) is 11.1 Å². The lowest BCUT2D eigenvalue weighted by molar-refractivity contribution is 0.151. The summed E-state index contributed by atoms with van der Waals surface area (Å²) in [5, 5.41) is 10.3. The fourth-order valence-electron chi connectivity index (χ4n) is 17.2. The largest absolute Gasteiger partial charge is 0.491 e. The molecular weight excluding hydrogens is 1800 g/mol. The number of halogens is 2. The molecule has 22 rings (SSSR count). The Hall–Kier alpha value is -16.0. The van der Waals surface area contributed by atoms with Gasteiger partial charge in [-0.3, -0.25) is 22.0 Å². The number of pyridine rings is 6. The van der Waals surface area contributed by atoms with Crippen LogP contribution in [0.3, 0.4) is 0 Å². The molecule has 2 saturated carbocycles. The van der Waals surface area contributed by atoms with Crippen LogP contribution >= 0.6 is 0 Å². The molecule has 0 saturated heterocycles. The summed E-state index contributed by atoms with van der Waals surface area (Å²) in [5.41, 5.74) is 33.6. The molecule has 2 fully saturated rings. The average molecular weight is 1920 g/mol. The highest BCUT2D eigenvalue weighted by molar-refractivity contribution is 5.77. The number of alkyl halides is 2. The summed E-state index contributed by atoms with van der Waals surface area (Å²) in [6.07, 6.45) is 24.2. The zero-order valence-electron chi connectivity index (χ0n) is 83.6. The Morgan fingerprint density at radius 3 is 0.785 bits per heavy atom. The van der Waals surface area contributed by atoms with Crippen molar-refractivity contribution in [3.05, 3.63) is 376 Å². The molecule has 0 bridgehead atoms. The summed E-state index contributed by atoms with van der Waals surface area (Å²) in [5.74, 6) is 5.84. The number of nitrogens with two attached hydrogens (primary N) is 1. The molecule has 144 heavy (non-hydrogen) atoms. The lowest BCUT2D eigenvalue weighted by atomic mass is 10.0. The summed E-state index contributed by atoms with van der Waals surface area (Å²) in [6, 6.07) is 96.5. The van der Waals surface area contributed by atoms with Gasteiger partial charge in [0.25, 0.3) is 6.43 Å². The zero-order valence-corrected chi connectivity index (χ0v) is 83.6. The minimum absolute atomic E-state index is 0.0157. The van der Waals surface area contributed by atoms with Gasteiger partial charge < -0.3 is 44.0 Å². The SMILES string of the molecule is CC(C)Oc1ccc(-c2ccc3ncc(-c4ccc(C(F)F)cc4)n3c2)cc1.CC(C)Oc1ccc(-c2ccc3ncc(-c4ccc(OC(C)C)nc4)n3c2)cc1.CC(C)Oc1ccc(-c2ccc3ncc(-c4cccc(OC(C)C)c4)n3c2)cc1.CC(C)Oc1ccc(-c2cnc3ccc(-c4ccc(C5(N)CC5)cc4)cn23)cc1.CC(C)Oc1ccc(-c2cnc3ccc(-c4ccc(C5(O)CC5)cc4)cn23)cc1. The van der Waals surface area contributed by atoms with Gasteiger partial charge in [0, 0.05) is 82.2 Å². The van der Waals surface area contributed by atoms with Crippen molar-refractivity contribution in [3.8, 4) is 152 Å². The Labute approximate surface area is 839 Å². The Balaban J connectivity index is 0.000000118. The highest BCUT2D eigenvalue weighted by atomic mass is 19.3. The second-order valence-corrected chi connectivity index (χ2v) is 38.4. The average Bonchev–Trinajstić information content (AvgIpc) is 1.62. The van der Waals surface area contributed by atoms with E-state index >= 15 is 0 Å². The Morgan fingerprint density at radius 1 is 0.250 bits per heavy atom. The molecule has 730 valence electrons. The summed E-state index contributed by atoms with van der Waals surface area (Å²) in [6.45, 7) is 28.3. The number of nitrogens with zero attached hydrogens (tertiary/aromatic N) is 11. The first-order chi connectivity index (χ1) is 69.5. The van der Waals surface area contributed by atoms with Gasteiger partial charge in [-0.2, -0.15) is 0 Å². The van der Waals surface area contributed by atoms with Crippen molar-refractivity contribution < 1.29 is 47.0 Å². The molecule has 2 aliphatic rings. The van der Waals surface area contributed by atoms with Gasteiger partial charge in [-0.15, -0.1) is 0 Å². The van der Waals surface area contributed by atoms with E-state index in [1.54, 1.807) is 18.3 Å². The third kappa shape index (κ3) is 23.7. The smallest absolute Gasteiger partial charge is 0.263 e. The predicted molar refractivity (Wildman–Crippen MR) is 572 cm³/mol.